The van der Waals surface area contributed by atoms with Crippen LogP contribution in [0.15, 0.2) is 24.3 Å². The first-order chi connectivity index (χ1) is 13.3. The Hall–Kier alpha value is -2.90. The number of anilines is 1. The molecule has 0 radical (unpaired) electrons. The Bertz CT molecular complexity index is 795. The lowest BCUT2D eigenvalue weighted by Gasteiger charge is -2.37. The van der Waals surface area contributed by atoms with Crippen LogP contribution in [0.4, 0.5) is 5.69 Å². The van der Waals surface area contributed by atoms with Crippen LogP contribution in [0.2, 0.25) is 0 Å². The molecule has 3 rings (SSSR count). The summed E-state index contributed by atoms with van der Waals surface area (Å²) in [5.41, 5.74) is 5.07. The highest BCUT2D eigenvalue weighted by Gasteiger charge is 2.46. The van der Waals surface area contributed by atoms with Gasteiger partial charge >= 0.3 is 5.97 Å². The fourth-order valence-corrected chi connectivity index (χ4v) is 3.89. The lowest BCUT2D eigenvalue weighted by Crippen LogP contribution is -2.42. The Kier molecular flexibility index (Phi) is 5.67. The van der Waals surface area contributed by atoms with Crippen LogP contribution < -0.4 is 11.1 Å². The number of carbonyl (C=O) groups is 4. The topological polar surface area (TPSA) is 130 Å². The van der Waals surface area contributed by atoms with Gasteiger partial charge in [-0.15, -0.1) is 0 Å². The van der Waals surface area contributed by atoms with Crippen molar-refractivity contribution in [1.82, 2.24) is 4.90 Å². The molecule has 3 amide bonds. The number of likely N-dealkylation sites (tertiary alicyclic amines) is 1. The molecule has 4 N–H and O–H groups in total. The van der Waals surface area contributed by atoms with Gasteiger partial charge in [0.1, 0.15) is 0 Å². The van der Waals surface area contributed by atoms with Crippen molar-refractivity contribution in [3.63, 3.8) is 0 Å². The summed E-state index contributed by atoms with van der Waals surface area (Å²) in [6.07, 6.45) is 2.73. The van der Waals surface area contributed by atoms with Gasteiger partial charge in [0.25, 0.3) is 5.91 Å². The zero-order chi connectivity index (χ0) is 20.3. The highest BCUT2D eigenvalue weighted by atomic mass is 16.4. The molecular weight excluding hydrogens is 362 g/mol. The number of amides is 3. The number of primary amides is 1. The summed E-state index contributed by atoms with van der Waals surface area (Å²) in [6, 6.07) is 6.69. The van der Waals surface area contributed by atoms with Crippen LogP contribution in [0, 0.1) is 11.3 Å². The van der Waals surface area contributed by atoms with Crippen molar-refractivity contribution < 1.29 is 24.3 Å². The zero-order valence-electron chi connectivity index (χ0n) is 15.6. The molecule has 28 heavy (non-hydrogen) atoms. The molecule has 8 nitrogen and oxygen atoms in total. The number of benzene rings is 1. The number of carboxylic acids is 1. The third-order valence-electron chi connectivity index (χ3n) is 5.88. The average molecular weight is 387 g/mol. The molecule has 0 unspecified atom stereocenters. The molecule has 1 aromatic carbocycles. The normalized spacial score (nSPS) is 18.8. The number of rotatable bonds is 6. The van der Waals surface area contributed by atoms with Crippen LogP contribution in [-0.2, 0) is 14.4 Å². The molecular formula is C20H25N3O5. The van der Waals surface area contributed by atoms with Crippen LogP contribution >= 0.6 is 0 Å². The molecule has 1 aliphatic carbocycles. The van der Waals surface area contributed by atoms with E-state index in [1.165, 1.54) is 0 Å². The van der Waals surface area contributed by atoms with E-state index in [-0.39, 0.29) is 24.2 Å². The van der Waals surface area contributed by atoms with Crippen molar-refractivity contribution in [2.75, 3.05) is 18.4 Å². The molecule has 2 fully saturated rings. The standard InChI is InChI=1S/C20H25N3O5/c21-17(25)13-6-10-23(11-7-13)18(26)14-4-1-2-5-15(14)22-16(24)12-20(19(27)28)8-3-9-20/h1-2,4-5,13H,3,6-12H2,(H2,21,25)(H,22,24)(H,27,28). The fraction of sp³-hybridized carbons (Fsp3) is 0.500. The summed E-state index contributed by atoms with van der Waals surface area (Å²) < 4.78 is 0. The van der Waals surface area contributed by atoms with Crippen LogP contribution in [0.25, 0.3) is 0 Å². The van der Waals surface area contributed by atoms with E-state index < -0.39 is 17.3 Å². The Morgan fingerprint density at radius 3 is 2.32 bits per heavy atom. The number of carboxylic acid groups (broad SMARTS) is 1. The molecule has 0 atom stereocenters. The van der Waals surface area contributed by atoms with E-state index in [0.717, 1.165) is 6.42 Å². The monoisotopic (exact) mass is 387 g/mol. The second kappa shape index (κ2) is 8.00. The molecule has 1 saturated carbocycles. The van der Waals surface area contributed by atoms with E-state index in [1.807, 2.05) is 0 Å². The summed E-state index contributed by atoms with van der Waals surface area (Å²) >= 11 is 0. The number of nitrogens with one attached hydrogen (secondary N) is 1. The molecule has 0 bridgehead atoms. The first-order valence-corrected chi connectivity index (χ1v) is 9.53. The van der Waals surface area contributed by atoms with E-state index in [4.69, 9.17) is 5.73 Å². The highest BCUT2D eigenvalue weighted by Crippen LogP contribution is 2.44. The maximum Gasteiger partial charge on any atom is 0.310 e. The number of nitrogens with zero attached hydrogens (tertiary/aromatic N) is 1. The van der Waals surface area contributed by atoms with Gasteiger partial charge in [-0.1, -0.05) is 18.6 Å². The maximum absolute atomic E-state index is 12.9. The van der Waals surface area contributed by atoms with E-state index in [2.05, 4.69) is 5.32 Å². The SMILES string of the molecule is NC(=O)C1CCN(C(=O)c2ccccc2NC(=O)CC2(C(=O)O)CCC2)CC1. The number of para-hydroxylation sites is 1. The van der Waals surface area contributed by atoms with Crippen molar-refractivity contribution in [3.05, 3.63) is 29.8 Å². The van der Waals surface area contributed by atoms with Crippen molar-refractivity contribution in [1.29, 1.82) is 0 Å². The van der Waals surface area contributed by atoms with E-state index in [0.29, 0.717) is 50.0 Å². The predicted octanol–water partition coefficient (Wildman–Crippen LogP) is 1.61. The second-order valence-electron chi connectivity index (χ2n) is 7.68. The van der Waals surface area contributed by atoms with Gasteiger partial charge in [-0.05, 0) is 37.8 Å². The van der Waals surface area contributed by atoms with Gasteiger partial charge in [-0.2, -0.15) is 0 Å². The molecule has 150 valence electrons. The van der Waals surface area contributed by atoms with Gasteiger partial charge < -0.3 is 21.1 Å². The highest BCUT2D eigenvalue weighted by molar-refractivity contribution is 6.04. The number of nitrogens with two attached hydrogens (primary N) is 1. The van der Waals surface area contributed by atoms with Crippen molar-refractivity contribution in [2.24, 2.45) is 17.1 Å². The molecule has 1 aliphatic heterocycles. The number of aliphatic carboxylic acids is 1. The molecule has 0 aromatic heterocycles. The van der Waals surface area contributed by atoms with E-state index in [1.54, 1.807) is 29.2 Å². The van der Waals surface area contributed by atoms with Crippen molar-refractivity contribution >= 4 is 29.4 Å². The minimum absolute atomic E-state index is 0.102. The number of hydrogen-bond donors (Lipinski definition) is 3. The van der Waals surface area contributed by atoms with Gasteiger partial charge in [-0.3, -0.25) is 19.2 Å². The van der Waals surface area contributed by atoms with Crippen LogP contribution in [-0.4, -0.2) is 46.8 Å². The largest absolute Gasteiger partial charge is 0.481 e. The maximum atomic E-state index is 12.9. The van der Waals surface area contributed by atoms with E-state index in [9.17, 15) is 24.3 Å². The molecule has 8 heteroatoms. The molecule has 1 saturated heterocycles. The minimum Gasteiger partial charge on any atom is -0.481 e. The predicted molar refractivity (Wildman–Crippen MR) is 101 cm³/mol. The average Bonchev–Trinajstić information content (AvgIpc) is 2.64. The van der Waals surface area contributed by atoms with Gasteiger partial charge in [0.2, 0.25) is 11.8 Å². The minimum atomic E-state index is -0.986. The Morgan fingerprint density at radius 1 is 1.14 bits per heavy atom. The van der Waals surface area contributed by atoms with Crippen LogP contribution in [0.1, 0.15) is 48.9 Å². The van der Waals surface area contributed by atoms with E-state index >= 15 is 0 Å². The smallest absolute Gasteiger partial charge is 0.310 e. The van der Waals surface area contributed by atoms with Crippen molar-refractivity contribution in [3.8, 4) is 0 Å². The number of hydrogen-bond acceptors (Lipinski definition) is 4. The first-order valence-electron chi connectivity index (χ1n) is 9.53. The van der Waals surface area contributed by atoms with Crippen LogP contribution in [0.3, 0.4) is 0 Å². The molecule has 2 aliphatic rings. The zero-order valence-corrected chi connectivity index (χ0v) is 15.6. The summed E-state index contributed by atoms with van der Waals surface area (Å²) in [7, 11) is 0. The van der Waals surface area contributed by atoms with Gasteiger partial charge in [-0.25, -0.2) is 0 Å². The van der Waals surface area contributed by atoms with Gasteiger partial charge in [0, 0.05) is 25.4 Å². The summed E-state index contributed by atoms with van der Waals surface area (Å²) in [5, 5.41) is 12.1. The molecule has 1 heterocycles. The quantitative estimate of drug-likeness (QED) is 0.683. The lowest BCUT2D eigenvalue weighted by atomic mass is 9.66. The Labute approximate surface area is 163 Å². The van der Waals surface area contributed by atoms with Crippen LogP contribution in [0.5, 0.6) is 0 Å². The molecule has 0 spiro atoms. The third kappa shape index (κ3) is 4.00. The lowest BCUT2D eigenvalue weighted by molar-refractivity contribution is -0.157. The first kappa shape index (κ1) is 19.9. The van der Waals surface area contributed by atoms with Gasteiger partial charge in [0.15, 0.2) is 0 Å². The number of piperidine rings is 1. The molecule has 1 aromatic rings. The third-order valence-corrected chi connectivity index (χ3v) is 5.88. The Balaban J connectivity index is 1.67. The van der Waals surface area contributed by atoms with Crippen molar-refractivity contribution in [2.45, 2.75) is 38.5 Å². The number of carbonyl (C=O) groups excluding carboxylic acids is 3. The fourth-order valence-electron chi connectivity index (χ4n) is 3.89. The second-order valence-corrected chi connectivity index (χ2v) is 7.68. The summed E-state index contributed by atoms with van der Waals surface area (Å²) in [5.74, 6) is -2.14. The van der Waals surface area contributed by atoms with Gasteiger partial charge in [0.05, 0.1) is 16.7 Å². The summed E-state index contributed by atoms with van der Waals surface area (Å²) in [6.45, 7) is 0.855. The Morgan fingerprint density at radius 2 is 1.79 bits per heavy atom. The summed E-state index contributed by atoms with van der Waals surface area (Å²) in [4.78, 5) is 49.8.